The maximum atomic E-state index is 3.84. The molecule has 0 saturated carbocycles. The minimum Gasteiger partial charge on any atom is -1.00 e. The van der Waals surface area contributed by atoms with E-state index in [0.29, 0.717) is 0 Å². The largest absolute Gasteiger partial charge is 4.00 e. The number of tetrazole rings is 2. The molecule has 0 N–H and O–H groups in total. The number of aromatic nitrogens is 8. The molecule has 0 bridgehead atoms. The van der Waals surface area contributed by atoms with E-state index in [1.54, 1.807) is 22.0 Å². The number of halogens is 2. The van der Waals surface area contributed by atoms with Gasteiger partial charge in [0.1, 0.15) is 12.7 Å². The second-order valence-corrected chi connectivity index (χ2v) is 6.19. The van der Waals surface area contributed by atoms with E-state index in [1.165, 1.54) is 21.5 Å². The molecule has 31 heavy (non-hydrogen) atoms. The first-order valence-electron chi connectivity index (χ1n) is 8.64. The zero-order chi connectivity index (χ0) is 18.8. The first-order valence-corrected chi connectivity index (χ1v) is 8.64. The van der Waals surface area contributed by atoms with E-state index in [-0.39, 0.29) is 51.0 Å². The molecule has 11 heteroatoms. The van der Waals surface area contributed by atoms with Crippen molar-refractivity contribution in [1.29, 1.82) is 0 Å². The van der Waals surface area contributed by atoms with Gasteiger partial charge in [0.15, 0.2) is 0 Å². The number of hydrogen-bond acceptors (Lipinski definition) is 6. The Labute approximate surface area is 208 Å². The Balaban J connectivity index is 0.000000201. The molecule has 0 aliphatic rings. The van der Waals surface area contributed by atoms with Crippen LogP contribution in [0.15, 0.2) is 85.5 Å². The van der Waals surface area contributed by atoms with E-state index in [9.17, 15) is 0 Å². The number of benzene rings is 2. The number of fused-ring (bicyclic) bond motifs is 2. The zero-order valence-electron chi connectivity index (χ0n) is 15.9. The van der Waals surface area contributed by atoms with Crippen LogP contribution in [0.25, 0.3) is 32.9 Å². The molecule has 0 spiro atoms. The number of nitrogens with zero attached hydrogens (tertiary/aromatic N) is 8. The van der Waals surface area contributed by atoms with E-state index in [1.807, 2.05) is 24.3 Å². The van der Waals surface area contributed by atoms with Crippen LogP contribution in [0.1, 0.15) is 0 Å². The van der Waals surface area contributed by atoms with Gasteiger partial charge in [0.25, 0.3) is 0 Å². The van der Waals surface area contributed by atoms with Crippen LogP contribution in [-0.4, -0.2) is 40.4 Å². The summed E-state index contributed by atoms with van der Waals surface area (Å²) < 4.78 is 3.31. The summed E-state index contributed by atoms with van der Waals surface area (Å²) in [5, 5.41) is 26.9. The Hall–Kier alpha value is -2.74. The molecule has 0 unspecified atom stereocenters. The van der Waals surface area contributed by atoms with E-state index in [4.69, 9.17) is 0 Å². The smallest absolute Gasteiger partial charge is 1.00 e. The molecule has 0 atom stereocenters. The molecule has 0 amide bonds. The topological polar surface area (TPSA) is 87.2 Å². The van der Waals surface area contributed by atoms with Gasteiger partial charge in [0.05, 0.1) is 0 Å². The van der Waals surface area contributed by atoms with Crippen LogP contribution in [0, 0.1) is 0 Å². The fraction of sp³-hybridized carbons (Fsp3) is 0. The van der Waals surface area contributed by atoms with Gasteiger partial charge in [-0.15, -0.1) is 92.4 Å². The molecule has 152 valence electrons. The van der Waals surface area contributed by atoms with Crippen LogP contribution in [0.3, 0.4) is 0 Å². The molecule has 0 aliphatic heterocycles. The van der Waals surface area contributed by atoms with E-state index < -0.39 is 0 Å². The minimum absolute atomic E-state index is 0. The molecule has 0 saturated heterocycles. The number of rotatable bonds is 2. The molecule has 2 aromatic heterocycles. The van der Waals surface area contributed by atoms with Crippen molar-refractivity contribution in [3.63, 3.8) is 0 Å². The van der Waals surface area contributed by atoms with Gasteiger partial charge in [0.2, 0.25) is 0 Å². The van der Waals surface area contributed by atoms with Crippen LogP contribution in [-0.2, 0) is 26.2 Å². The van der Waals surface area contributed by atoms with Crippen molar-refractivity contribution in [2.45, 2.75) is 0 Å². The Morgan fingerprint density at radius 3 is 1.39 bits per heavy atom. The van der Waals surface area contributed by atoms with Gasteiger partial charge in [-0.25, -0.2) is 9.36 Å². The van der Waals surface area contributed by atoms with E-state index in [2.05, 4.69) is 79.6 Å². The monoisotopic (exact) mass is 526 g/mol. The van der Waals surface area contributed by atoms with Crippen molar-refractivity contribution < 1.29 is 51.0 Å². The predicted molar refractivity (Wildman–Crippen MR) is 105 cm³/mol. The summed E-state index contributed by atoms with van der Waals surface area (Å²) >= 11 is 0. The van der Waals surface area contributed by atoms with Crippen LogP contribution >= 0.6 is 0 Å². The zero-order valence-corrected chi connectivity index (χ0v) is 19.9. The first kappa shape index (κ1) is 24.5. The molecule has 0 radical (unpaired) electrons. The van der Waals surface area contributed by atoms with Crippen molar-refractivity contribution in [2.24, 2.45) is 0 Å². The quantitative estimate of drug-likeness (QED) is 0.224. The summed E-state index contributed by atoms with van der Waals surface area (Å²) in [6.07, 6.45) is 3.18. The third kappa shape index (κ3) is 5.31. The van der Waals surface area contributed by atoms with Gasteiger partial charge in [-0.05, 0) is 32.2 Å². The Kier molecular flexibility index (Phi) is 8.74. The van der Waals surface area contributed by atoms with Gasteiger partial charge in [-0.1, -0.05) is 12.1 Å². The van der Waals surface area contributed by atoms with Gasteiger partial charge >= 0.3 is 26.2 Å². The maximum absolute atomic E-state index is 3.84. The summed E-state index contributed by atoms with van der Waals surface area (Å²) in [6, 6.07) is 24.6. The number of hydrogen-bond donors (Lipinski definition) is 0. The van der Waals surface area contributed by atoms with E-state index >= 15 is 0 Å². The van der Waals surface area contributed by atoms with E-state index in [0.717, 1.165) is 11.4 Å². The molecule has 6 rings (SSSR count). The van der Waals surface area contributed by atoms with Crippen molar-refractivity contribution >= 4 is 21.5 Å². The Morgan fingerprint density at radius 1 is 0.613 bits per heavy atom. The second-order valence-electron chi connectivity index (χ2n) is 6.19. The molecule has 4 aromatic carbocycles. The average molecular weight is 529 g/mol. The first-order chi connectivity index (χ1) is 13.9. The molecule has 8 nitrogen and oxygen atoms in total. The van der Waals surface area contributed by atoms with Crippen molar-refractivity contribution in [3.8, 4) is 11.4 Å². The fourth-order valence-electron chi connectivity index (χ4n) is 3.09. The standard InChI is InChI=1S/2C10H7N4.2ClH.Zr/c2*1-2-4-9-6-10(5-8(9)3-1)14-7-11-12-13-14;;;/h2*1-7H;2*1H;/q2*-1;;;+4/p-2. The Bertz CT molecular complexity index is 1160. The van der Waals surface area contributed by atoms with Crippen molar-refractivity contribution in [3.05, 3.63) is 85.5 Å². The minimum atomic E-state index is 0. The van der Waals surface area contributed by atoms with Gasteiger partial charge in [-0.3, -0.25) is 0 Å². The SMILES string of the molecule is [Cl-].[Cl-].[Zr+4].c1ccc2[cH-]c(-n3cnnn3)cc2c1.c1ccc2[cH-]c(-n3cnnn3)cc2c1. The van der Waals surface area contributed by atoms with Crippen LogP contribution < -0.4 is 24.8 Å². The summed E-state index contributed by atoms with van der Waals surface area (Å²) in [6.45, 7) is 0. The summed E-state index contributed by atoms with van der Waals surface area (Å²) in [5.74, 6) is 0. The molecule has 6 aromatic rings. The molecule has 0 aliphatic carbocycles. The van der Waals surface area contributed by atoms with Gasteiger partial charge < -0.3 is 24.8 Å². The third-order valence-electron chi connectivity index (χ3n) is 4.43. The Morgan fingerprint density at radius 2 is 1.03 bits per heavy atom. The maximum Gasteiger partial charge on any atom is 4.00 e. The van der Waals surface area contributed by atoms with Crippen LogP contribution in [0.2, 0.25) is 0 Å². The van der Waals surface area contributed by atoms with Crippen molar-refractivity contribution in [1.82, 2.24) is 40.4 Å². The average Bonchev–Trinajstić information content (AvgIpc) is 3.54. The van der Waals surface area contributed by atoms with Crippen LogP contribution in [0.4, 0.5) is 0 Å². The molecular formula is C20H14Cl2N8Zr. The molecular weight excluding hydrogens is 514 g/mol. The third-order valence-corrected chi connectivity index (χ3v) is 4.43. The van der Waals surface area contributed by atoms with Crippen LogP contribution in [0.5, 0.6) is 0 Å². The summed E-state index contributed by atoms with van der Waals surface area (Å²) in [5.41, 5.74) is 1.99. The predicted octanol–water partition coefficient (Wildman–Crippen LogP) is -2.93. The van der Waals surface area contributed by atoms with Gasteiger partial charge in [0, 0.05) is 0 Å². The summed E-state index contributed by atoms with van der Waals surface area (Å²) in [7, 11) is 0. The fourth-order valence-corrected chi connectivity index (χ4v) is 3.09. The normalized spacial score (nSPS) is 9.81. The van der Waals surface area contributed by atoms with Crippen molar-refractivity contribution in [2.75, 3.05) is 0 Å². The van der Waals surface area contributed by atoms with Gasteiger partial charge in [-0.2, -0.15) is 0 Å². The summed E-state index contributed by atoms with van der Waals surface area (Å²) in [4.78, 5) is 0. The second kappa shape index (κ2) is 11.0. The molecule has 0 fully saturated rings. The molecule has 2 heterocycles.